The van der Waals surface area contributed by atoms with E-state index in [1.165, 1.54) is 0 Å². The Balaban J connectivity index is 2.07. The van der Waals surface area contributed by atoms with Crippen LogP contribution in [0.15, 0.2) is 30.4 Å². The van der Waals surface area contributed by atoms with Gasteiger partial charge in [-0.3, -0.25) is 4.79 Å². The molecule has 0 unspecified atom stereocenters. The molecule has 0 spiro atoms. The van der Waals surface area contributed by atoms with Gasteiger partial charge in [0.15, 0.2) is 17.7 Å². The van der Waals surface area contributed by atoms with E-state index in [4.69, 9.17) is 5.11 Å². The lowest BCUT2D eigenvalue weighted by Crippen LogP contribution is -2.34. The smallest absolute Gasteiger partial charge is 0.330 e. The van der Waals surface area contributed by atoms with Gasteiger partial charge in [-0.25, -0.2) is 13.6 Å². The highest BCUT2D eigenvalue weighted by atomic mass is 19.2. The minimum Gasteiger partial charge on any atom is -0.479 e. The maximum atomic E-state index is 13.2. The number of carbonyl (C=O) groups is 2. The molecular weight excluding hydrogens is 280 g/mol. The number of rotatable bonds is 5. The van der Waals surface area contributed by atoms with Crippen LogP contribution in [0.3, 0.4) is 0 Å². The zero-order valence-electron chi connectivity index (χ0n) is 11.2. The van der Waals surface area contributed by atoms with Gasteiger partial charge in [-0.05, 0) is 36.5 Å². The van der Waals surface area contributed by atoms with Gasteiger partial charge >= 0.3 is 5.97 Å². The van der Waals surface area contributed by atoms with Gasteiger partial charge in [0.05, 0.1) is 0 Å². The molecule has 0 aliphatic heterocycles. The van der Waals surface area contributed by atoms with E-state index in [-0.39, 0.29) is 17.9 Å². The first-order chi connectivity index (χ1) is 9.97. The van der Waals surface area contributed by atoms with Gasteiger partial charge in [0, 0.05) is 6.42 Å². The number of amides is 1. The maximum Gasteiger partial charge on any atom is 0.330 e. The summed E-state index contributed by atoms with van der Waals surface area (Å²) in [6.45, 7) is 0. The highest BCUT2D eigenvalue weighted by Gasteiger charge is 2.24. The maximum absolute atomic E-state index is 13.2. The second-order valence-electron chi connectivity index (χ2n) is 4.98. The van der Waals surface area contributed by atoms with Crippen molar-refractivity contribution in [2.75, 3.05) is 0 Å². The van der Waals surface area contributed by atoms with E-state index < -0.39 is 29.6 Å². The van der Waals surface area contributed by atoms with Gasteiger partial charge in [0.1, 0.15) is 0 Å². The number of carboxylic acid groups (broad SMARTS) is 1. The quantitative estimate of drug-likeness (QED) is 0.820. The van der Waals surface area contributed by atoms with Crippen molar-refractivity contribution in [2.45, 2.75) is 25.3 Å². The van der Waals surface area contributed by atoms with Crippen molar-refractivity contribution in [3.05, 3.63) is 47.5 Å². The second-order valence-corrected chi connectivity index (χ2v) is 4.98. The number of nitrogens with one attached hydrogen (secondary N) is 1. The lowest BCUT2D eigenvalue weighted by atomic mass is 10.0. The molecule has 1 aromatic carbocycles. The number of hydrogen-bond acceptors (Lipinski definition) is 2. The molecule has 2 N–H and O–H groups in total. The summed E-state index contributed by atoms with van der Waals surface area (Å²) in [6, 6.07) is 1.38. The van der Waals surface area contributed by atoms with Crippen LogP contribution in [0.2, 0.25) is 0 Å². The van der Waals surface area contributed by atoms with Crippen molar-refractivity contribution >= 4 is 11.9 Å². The van der Waals surface area contributed by atoms with Crippen molar-refractivity contribution in [3.8, 4) is 0 Å². The van der Waals surface area contributed by atoms with Crippen LogP contribution in [0.25, 0.3) is 0 Å². The molecule has 1 aliphatic rings. The average molecular weight is 295 g/mol. The SMILES string of the molecule is O=C(C[C@H]1C=CCC1)N[C@@H](C(=O)O)c1ccc(F)c(F)c1. The van der Waals surface area contributed by atoms with E-state index in [0.29, 0.717) is 0 Å². The third-order valence-electron chi connectivity index (χ3n) is 3.39. The summed E-state index contributed by atoms with van der Waals surface area (Å²) in [4.78, 5) is 23.1. The monoisotopic (exact) mass is 295 g/mol. The molecular formula is C15H15F2NO3. The van der Waals surface area contributed by atoms with Crippen molar-refractivity contribution in [3.63, 3.8) is 0 Å². The Morgan fingerprint density at radius 1 is 1.33 bits per heavy atom. The fraction of sp³-hybridized carbons (Fsp3) is 0.333. The summed E-state index contributed by atoms with van der Waals surface area (Å²) in [6.07, 6.45) is 5.85. The summed E-state index contributed by atoms with van der Waals surface area (Å²) in [5.74, 6) is -3.86. The molecule has 0 bridgehead atoms. The Kier molecular flexibility index (Phi) is 4.67. The summed E-state index contributed by atoms with van der Waals surface area (Å²) in [5.41, 5.74) is -0.00304. The molecule has 0 fully saturated rings. The third kappa shape index (κ3) is 3.87. The normalized spacial score (nSPS) is 18.5. The standard InChI is InChI=1S/C15H15F2NO3/c16-11-6-5-10(8-12(11)17)14(15(20)21)18-13(19)7-9-3-1-2-4-9/h1,3,5-6,8-9,14H,2,4,7H2,(H,18,19)(H,20,21)/t9-,14+/m0/s1. The molecule has 0 saturated heterocycles. The minimum absolute atomic E-state index is 0.00304. The van der Waals surface area contributed by atoms with Gasteiger partial charge in [0.25, 0.3) is 0 Å². The number of hydrogen-bond donors (Lipinski definition) is 2. The lowest BCUT2D eigenvalue weighted by Gasteiger charge is -2.16. The van der Waals surface area contributed by atoms with Crippen LogP contribution in [0, 0.1) is 17.6 Å². The summed E-state index contributed by atoms with van der Waals surface area (Å²) in [7, 11) is 0. The number of aliphatic carboxylic acids is 1. The Bertz CT molecular complexity index is 586. The number of allylic oxidation sites excluding steroid dienone is 2. The zero-order valence-corrected chi connectivity index (χ0v) is 11.2. The van der Waals surface area contributed by atoms with E-state index in [9.17, 15) is 18.4 Å². The van der Waals surface area contributed by atoms with Crippen LogP contribution >= 0.6 is 0 Å². The van der Waals surface area contributed by atoms with Crippen LogP contribution in [-0.4, -0.2) is 17.0 Å². The van der Waals surface area contributed by atoms with Gasteiger partial charge in [0.2, 0.25) is 5.91 Å². The zero-order chi connectivity index (χ0) is 15.4. The van der Waals surface area contributed by atoms with Crippen molar-refractivity contribution in [1.29, 1.82) is 0 Å². The topological polar surface area (TPSA) is 66.4 Å². The molecule has 4 nitrogen and oxygen atoms in total. The molecule has 112 valence electrons. The molecule has 0 saturated carbocycles. The van der Waals surface area contributed by atoms with Crippen molar-refractivity contribution in [2.24, 2.45) is 5.92 Å². The predicted molar refractivity (Wildman–Crippen MR) is 71.4 cm³/mol. The Morgan fingerprint density at radius 3 is 2.67 bits per heavy atom. The second kappa shape index (κ2) is 6.47. The highest BCUT2D eigenvalue weighted by molar-refractivity contribution is 5.84. The average Bonchev–Trinajstić information content (AvgIpc) is 2.92. The van der Waals surface area contributed by atoms with Crippen LogP contribution in [0.5, 0.6) is 0 Å². The Labute approximate surface area is 120 Å². The van der Waals surface area contributed by atoms with Crippen LogP contribution in [0.4, 0.5) is 8.78 Å². The molecule has 0 radical (unpaired) electrons. The third-order valence-corrected chi connectivity index (χ3v) is 3.39. The first-order valence-electron chi connectivity index (χ1n) is 6.61. The molecule has 2 atom stereocenters. The van der Waals surface area contributed by atoms with Gasteiger partial charge < -0.3 is 10.4 Å². The molecule has 0 aromatic heterocycles. The van der Waals surface area contributed by atoms with E-state index >= 15 is 0 Å². The molecule has 6 heteroatoms. The fourth-order valence-electron chi connectivity index (χ4n) is 2.30. The van der Waals surface area contributed by atoms with Gasteiger partial charge in [-0.2, -0.15) is 0 Å². The van der Waals surface area contributed by atoms with Crippen LogP contribution < -0.4 is 5.32 Å². The highest BCUT2D eigenvalue weighted by Crippen LogP contribution is 2.22. The Morgan fingerprint density at radius 2 is 2.10 bits per heavy atom. The largest absolute Gasteiger partial charge is 0.479 e. The van der Waals surface area contributed by atoms with Crippen LogP contribution in [-0.2, 0) is 9.59 Å². The van der Waals surface area contributed by atoms with E-state index in [2.05, 4.69) is 5.32 Å². The molecule has 2 rings (SSSR count). The van der Waals surface area contributed by atoms with Crippen LogP contribution in [0.1, 0.15) is 30.9 Å². The number of carboxylic acids is 1. The number of benzene rings is 1. The van der Waals surface area contributed by atoms with E-state index in [1.54, 1.807) is 0 Å². The summed E-state index contributed by atoms with van der Waals surface area (Å²) >= 11 is 0. The minimum atomic E-state index is -1.39. The summed E-state index contributed by atoms with van der Waals surface area (Å²) in [5, 5.41) is 11.5. The molecule has 1 aliphatic carbocycles. The van der Waals surface area contributed by atoms with E-state index in [0.717, 1.165) is 31.0 Å². The molecule has 21 heavy (non-hydrogen) atoms. The predicted octanol–water partition coefficient (Wildman–Crippen LogP) is 2.56. The molecule has 1 aromatic rings. The number of halogens is 2. The van der Waals surface area contributed by atoms with Gasteiger partial charge in [-0.15, -0.1) is 0 Å². The van der Waals surface area contributed by atoms with Gasteiger partial charge in [-0.1, -0.05) is 18.2 Å². The van der Waals surface area contributed by atoms with Crippen molar-refractivity contribution < 1.29 is 23.5 Å². The number of carbonyl (C=O) groups excluding carboxylic acids is 1. The fourth-order valence-corrected chi connectivity index (χ4v) is 2.30. The first kappa shape index (κ1) is 15.2. The van der Waals surface area contributed by atoms with Crippen molar-refractivity contribution in [1.82, 2.24) is 5.32 Å². The first-order valence-corrected chi connectivity index (χ1v) is 6.61. The summed E-state index contributed by atoms with van der Waals surface area (Å²) < 4.78 is 26.1. The molecule has 0 heterocycles. The van der Waals surface area contributed by atoms with E-state index in [1.807, 2.05) is 12.2 Å². The molecule has 1 amide bonds. The lowest BCUT2D eigenvalue weighted by molar-refractivity contribution is -0.142. The Hall–Kier alpha value is -2.24.